The summed E-state index contributed by atoms with van der Waals surface area (Å²) >= 11 is 0. The molecule has 2 aromatic rings. The first-order chi connectivity index (χ1) is 13.3. The number of amides is 1. The van der Waals surface area contributed by atoms with E-state index in [1.165, 1.54) is 12.1 Å². The lowest BCUT2D eigenvalue weighted by molar-refractivity contribution is -0.120. The summed E-state index contributed by atoms with van der Waals surface area (Å²) in [5.74, 6) is -0.121. The van der Waals surface area contributed by atoms with Gasteiger partial charge in [0.05, 0.1) is 25.1 Å². The molecule has 0 saturated heterocycles. The van der Waals surface area contributed by atoms with Gasteiger partial charge in [0, 0.05) is 0 Å². The molecule has 0 aliphatic heterocycles. The molecule has 0 radical (unpaired) electrons. The lowest BCUT2D eigenvalue weighted by Gasteiger charge is -2.28. The maximum atomic E-state index is 13.2. The monoisotopic (exact) mass is 406 g/mol. The van der Waals surface area contributed by atoms with Crippen molar-refractivity contribution in [2.24, 2.45) is 0 Å². The van der Waals surface area contributed by atoms with Crippen molar-refractivity contribution in [3.05, 3.63) is 59.4 Å². The van der Waals surface area contributed by atoms with Crippen LogP contribution in [-0.4, -0.2) is 34.2 Å². The Morgan fingerprint density at radius 2 is 1.96 bits per heavy atom. The first-order valence-electron chi connectivity index (χ1n) is 8.97. The summed E-state index contributed by atoms with van der Waals surface area (Å²) in [5, 5.41) is 2.94. The average Bonchev–Trinajstić information content (AvgIpc) is 2.66. The number of hydrogen-bond donors (Lipinski definition) is 1. The van der Waals surface area contributed by atoms with Gasteiger partial charge >= 0.3 is 0 Å². The summed E-state index contributed by atoms with van der Waals surface area (Å²) in [5.41, 5.74) is 2.38. The van der Waals surface area contributed by atoms with E-state index in [1.807, 2.05) is 18.2 Å². The molecule has 0 bridgehead atoms. The largest absolute Gasteiger partial charge is 0.497 e. The highest BCUT2D eigenvalue weighted by molar-refractivity contribution is 7.92. The van der Waals surface area contributed by atoms with E-state index in [-0.39, 0.29) is 18.3 Å². The number of fused-ring (bicyclic) bond motifs is 1. The van der Waals surface area contributed by atoms with Crippen LogP contribution in [0.1, 0.15) is 30.0 Å². The number of hydrogen-bond acceptors (Lipinski definition) is 4. The molecule has 28 heavy (non-hydrogen) atoms. The predicted octanol–water partition coefficient (Wildman–Crippen LogP) is 2.79. The fourth-order valence-corrected chi connectivity index (χ4v) is 4.30. The number of ether oxygens (including phenoxy) is 1. The Morgan fingerprint density at radius 3 is 2.61 bits per heavy atom. The quantitative estimate of drug-likeness (QED) is 0.800. The van der Waals surface area contributed by atoms with Crippen LogP contribution in [0.2, 0.25) is 0 Å². The molecular formula is C20H23FN2O4S. The van der Waals surface area contributed by atoms with Gasteiger partial charge in [0.15, 0.2) is 0 Å². The SMILES string of the molecule is COc1ccc2c(c1)CCCC2NC(=O)CN(c1ccc(F)cc1)S(C)(=O)=O. The van der Waals surface area contributed by atoms with Gasteiger partial charge in [0.25, 0.3) is 0 Å². The normalized spacial score (nSPS) is 16.2. The van der Waals surface area contributed by atoms with Gasteiger partial charge in [-0.25, -0.2) is 12.8 Å². The summed E-state index contributed by atoms with van der Waals surface area (Å²) in [6.45, 7) is -0.369. The number of methoxy groups -OCH3 is 1. The van der Waals surface area contributed by atoms with Gasteiger partial charge in [0.2, 0.25) is 15.9 Å². The fourth-order valence-electron chi connectivity index (χ4n) is 3.45. The molecule has 3 rings (SSSR count). The van der Waals surface area contributed by atoms with Crippen molar-refractivity contribution in [3.8, 4) is 5.75 Å². The Labute approximate surface area is 164 Å². The van der Waals surface area contributed by atoms with E-state index in [2.05, 4.69) is 5.32 Å². The van der Waals surface area contributed by atoms with E-state index in [1.54, 1.807) is 7.11 Å². The van der Waals surface area contributed by atoms with Crippen molar-refractivity contribution in [1.82, 2.24) is 5.32 Å². The number of halogens is 1. The summed E-state index contributed by atoms with van der Waals surface area (Å²) < 4.78 is 43.7. The summed E-state index contributed by atoms with van der Waals surface area (Å²) in [4.78, 5) is 12.6. The van der Waals surface area contributed by atoms with Gasteiger partial charge < -0.3 is 10.1 Å². The van der Waals surface area contributed by atoms with Crippen LogP contribution in [-0.2, 0) is 21.2 Å². The van der Waals surface area contributed by atoms with E-state index in [4.69, 9.17) is 4.74 Å². The van der Waals surface area contributed by atoms with Crippen LogP contribution in [0.5, 0.6) is 5.75 Å². The van der Waals surface area contributed by atoms with Crippen LogP contribution in [0, 0.1) is 5.82 Å². The Kier molecular flexibility index (Phi) is 5.88. The van der Waals surface area contributed by atoms with Crippen LogP contribution in [0.3, 0.4) is 0 Å². The van der Waals surface area contributed by atoms with E-state index in [0.29, 0.717) is 0 Å². The molecule has 1 unspecified atom stereocenters. The van der Waals surface area contributed by atoms with Gasteiger partial charge in [-0.1, -0.05) is 6.07 Å². The van der Waals surface area contributed by atoms with Crippen LogP contribution >= 0.6 is 0 Å². The highest BCUT2D eigenvalue weighted by Crippen LogP contribution is 2.32. The maximum absolute atomic E-state index is 13.2. The third kappa shape index (κ3) is 4.62. The number of nitrogens with zero attached hydrogens (tertiary/aromatic N) is 1. The van der Waals surface area contributed by atoms with Crippen LogP contribution in [0.4, 0.5) is 10.1 Å². The number of nitrogens with one attached hydrogen (secondary N) is 1. The van der Waals surface area contributed by atoms with Crippen molar-refractivity contribution in [1.29, 1.82) is 0 Å². The van der Waals surface area contributed by atoms with Crippen molar-refractivity contribution < 1.29 is 22.3 Å². The second-order valence-corrected chi connectivity index (χ2v) is 8.73. The highest BCUT2D eigenvalue weighted by Gasteiger charge is 2.25. The van der Waals surface area contributed by atoms with E-state index >= 15 is 0 Å². The van der Waals surface area contributed by atoms with Crippen molar-refractivity contribution in [2.75, 3.05) is 24.2 Å². The number of rotatable bonds is 6. The molecule has 1 atom stereocenters. The highest BCUT2D eigenvalue weighted by atomic mass is 32.2. The molecular weight excluding hydrogens is 383 g/mol. The lowest BCUT2D eigenvalue weighted by atomic mass is 9.87. The zero-order chi connectivity index (χ0) is 20.3. The Balaban J connectivity index is 1.76. The first-order valence-corrected chi connectivity index (χ1v) is 10.8. The molecule has 0 aromatic heterocycles. The average molecular weight is 406 g/mol. The van der Waals surface area contributed by atoms with Crippen molar-refractivity contribution in [2.45, 2.75) is 25.3 Å². The minimum atomic E-state index is -3.70. The molecule has 1 N–H and O–H groups in total. The number of benzene rings is 2. The summed E-state index contributed by atoms with van der Waals surface area (Å²) in [6, 6.07) is 10.6. The van der Waals surface area contributed by atoms with Gasteiger partial charge in [-0.15, -0.1) is 0 Å². The Bertz CT molecular complexity index is 961. The third-order valence-electron chi connectivity index (χ3n) is 4.80. The zero-order valence-electron chi connectivity index (χ0n) is 15.8. The minimum Gasteiger partial charge on any atom is -0.497 e. The van der Waals surface area contributed by atoms with Crippen LogP contribution in [0.25, 0.3) is 0 Å². The standard InChI is InChI=1S/C20H23FN2O4S/c1-27-17-10-11-18-14(12-17)4-3-5-19(18)22-20(24)13-23(28(2,25)26)16-8-6-15(21)7-9-16/h6-12,19H,3-5,13H2,1-2H3,(H,22,24). The Hall–Kier alpha value is -2.61. The molecule has 8 heteroatoms. The summed E-state index contributed by atoms with van der Waals surface area (Å²) in [6.07, 6.45) is 3.62. The maximum Gasteiger partial charge on any atom is 0.241 e. The Morgan fingerprint density at radius 1 is 1.25 bits per heavy atom. The van der Waals surface area contributed by atoms with Crippen molar-refractivity contribution in [3.63, 3.8) is 0 Å². The minimum absolute atomic E-state index is 0.184. The molecule has 0 fully saturated rings. The molecule has 150 valence electrons. The predicted molar refractivity (Wildman–Crippen MR) is 105 cm³/mol. The second-order valence-electron chi connectivity index (χ2n) is 6.82. The smallest absolute Gasteiger partial charge is 0.241 e. The molecule has 1 aliphatic rings. The van der Waals surface area contributed by atoms with Gasteiger partial charge in [0.1, 0.15) is 18.1 Å². The number of sulfonamides is 1. The van der Waals surface area contributed by atoms with E-state index < -0.39 is 21.7 Å². The number of carbonyl (C=O) groups is 1. The van der Waals surface area contributed by atoms with E-state index in [9.17, 15) is 17.6 Å². The van der Waals surface area contributed by atoms with Crippen molar-refractivity contribution >= 4 is 21.6 Å². The molecule has 0 spiro atoms. The number of carbonyl (C=O) groups excluding carboxylic acids is 1. The lowest BCUT2D eigenvalue weighted by Crippen LogP contribution is -2.42. The van der Waals surface area contributed by atoms with Gasteiger partial charge in [-0.3, -0.25) is 9.10 Å². The second kappa shape index (κ2) is 8.18. The third-order valence-corrected chi connectivity index (χ3v) is 5.94. The molecule has 0 saturated carbocycles. The van der Waals surface area contributed by atoms with Gasteiger partial charge in [-0.05, 0) is 66.8 Å². The van der Waals surface area contributed by atoms with E-state index in [0.717, 1.165) is 58.8 Å². The topological polar surface area (TPSA) is 75.7 Å². The molecule has 1 aliphatic carbocycles. The van der Waals surface area contributed by atoms with Gasteiger partial charge in [-0.2, -0.15) is 0 Å². The number of anilines is 1. The zero-order valence-corrected chi connectivity index (χ0v) is 16.6. The summed E-state index contributed by atoms with van der Waals surface area (Å²) in [7, 11) is -2.09. The molecule has 1 amide bonds. The van der Waals surface area contributed by atoms with Crippen LogP contribution < -0.4 is 14.4 Å². The molecule has 6 nitrogen and oxygen atoms in total. The molecule has 2 aromatic carbocycles. The fraction of sp³-hybridized carbons (Fsp3) is 0.350. The first kappa shape index (κ1) is 20.1. The number of aryl methyl sites for hydroxylation is 1. The van der Waals surface area contributed by atoms with Crippen LogP contribution in [0.15, 0.2) is 42.5 Å². The molecule has 0 heterocycles.